The Hall–Kier alpha value is -2.57. The van der Waals surface area contributed by atoms with E-state index in [1.807, 2.05) is 25.7 Å². The van der Waals surface area contributed by atoms with Crippen LogP contribution in [-0.2, 0) is 4.79 Å². The van der Waals surface area contributed by atoms with Crippen LogP contribution in [0.2, 0.25) is 0 Å². The van der Waals surface area contributed by atoms with E-state index >= 15 is 0 Å². The molecule has 0 radical (unpaired) electrons. The Balaban J connectivity index is 1.80. The SMILES string of the molecule is CC(C)(C)NC(=O)NC(=O)CNc1ccc(C(=O)N2CCCC2)cc1. The van der Waals surface area contributed by atoms with Gasteiger partial charge in [-0.05, 0) is 57.9 Å². The molecule has 1 aromatic rings. The maximum Gasteiger partial charge on any atom is 0.321 e. The number of urea groups is 1. The molecule has 1 fully saturated rings. The number of hydrogen-bond acceptors (Lipinski definition) is 4. The van der Waals surface area contributed by atoms with Crippen LogP contribution < -0.4 is 16.0 Å². The molecule has 0 saturated carbocycles. The standard InChI is InChI=1S/C18H26N4O3/c1-18(2,3)21-17(25)20-15(23)12-19-14-8-6-13(7-9-14)16(24)22-10-4-5-11-22/h6-9,19H,4-5,10-12H2,1-3H3,(H2,20,21,23,25). The summed E-state index contributed by atoms with van der Waals surface area (Å²) in [5.41, 5.74) is 0.945. The van der Waals surface area contributed by atoms with Crippen LogP contribution in [0.25, 0.3) is 0 Å². The molecular weight excluding hydrogens is 320 g/mol. The van der Waals surface area contributed by atoms with Crippen LogP contribution in [-0.4, -0.2) is 47.9 Å². The van der Waals surface area contributed by atoms with Gasteiger partial charge < -0.3 is 15.5 Å². The second kappa shape index (κ2) is 8.00. The summed E-state index contributed by atoms with van der Waals surface area (Å²) in [6.07, 6.45) is 2.12. The molecule has 0 spiro atoms. The van der Waals surface area contributed by atoms with E-state index in [1.54, 1.807) is 24.3 Å². The molecule has 0 unspecified atom stereocenters. The quantitative estimate of drug-likeness (QED) is 0.777. The first-order chi connectivity index (χ1) is 11.7. The monoisotopic (exact) mass is 346 g/mol. The minimum absolute atomic E-state index is 0.0308. The van der Waals surface area contributed by atoms with Crippen molar-refractivity contribution in [2.45, 2.75) is 39.2 Å². The van der Waals surface area contributed by atoms with Gasteiger partial charge >= 0.3 is 6.03 Å². The maximum absolute atomic E-state index is 12.3. The summed E-state index contributed by atoms with van der Waals surface area (Å²) in [5.74, 6) is -0.389. The fourth-order valence-corrected chi connectivity index (χ4v) is 2.56. The molecule has 25 heavy (non-hydrogen) atoms. The normalized spacial score (nSPS) is 14.1. The van der Waals surface area contributed by atoms with Crippen molar-refractivity contribution >= 4 is 23.5 Å². The Morgan fingerprint density at radius 3 is 2.20 bits per heavy atom. The molecule has 0 aromatic heterocycles. The van der Waals surface area contributed by atoms with E-state index in [9.17, 15) is 14.4 Å². The zero-order valence-electron chi connectivity index (χ0n) is 15.0. The number of likely N-dealkylation sites (tertiary alicyclic amines) is 1. The highest BCUT2D eigenvalue weighted by Crippen LogP contribution is 2.15. The van der Waals surface area contributed by atoms with Gasteiger partial charge in [0.1, 0.15) is 0 Å². The maximum atomic E-state index is 12.3. The van der Waals surface area contributed by atoms with Crippen molar-refractivity contribution in [2.24, 2.45) is 0 Å². The van der Waals surface area contributed by atoms with Crippen LogP contribution in [0.1, 0.15) is 44.0 Å². The van der Waals surface area contributed by atoms with Crippen LogP contribution in [0, 0.1) is 0 Å². The molecule has 136 valence electrons. The highest BCUT2D eigenvalue weighted by molar-refractivity contribution is 5.97. The molecule has 0 atom stereocenters. The molecule has 1 aliphatic rings. The number of anilines is 1. The smallest absolute Gasteiger partial charge is 0.321 e. The number of imide groups is 1. The van der Waals surface area contributed by atoms with Gasteiger partial charge in [0.25, 0.3) is 5.91 Å². The van der Waals surface area contributed by atoms with E-state index in [0.717, 1.165) is 25.9 Å². The third kappa shape index (κ3) is 6.10. The van der Waals surface area contributed by atoms with Crippen molar-refractivity contribution in [1.82, 2.24) is 15.5 Å². The first-order valence-electron chi connectivity index (χ1n) is 8.50. The van der Waals surface area contributed by atoms with Crippen molar-refractivity contribution in [3.8, 4) is 0 Å². The third-order valence-electron chi connectivity index (χ3n) is 3.72. The van der Waals surface area contributed by atoms with Gasteiger partial charge in [-0.3, -0.25) is 14.9 Å². The van der Waals surface area contributed by atoms with E-state index in [-0.39, 0.29) is 12.5 Å². The highest BCUT2D eigenvalue weighted by Gasteiger charge is 2.19. The van der Waals surface area contributed by atoms with Crippen LogP contribution >= 0.6 is 0 Å². The van der Waals surface area contributed by atoms with Gasteiger partial charge in [0.05, 0.1) is 6.54 Å². The number of hydrogen-bond donors (Lipinski definition) is 3. The van der Waals surface area contributed by atoms with E-state index in [2.05, 4.69) is 16.0 Å². The number of carbonyl (C=O) groups is 3. The van der Waals surface area contributed by atoms with Gasteiger partial charge in [0.15, 0.2) is 0 Å². The number of nitrogens with zero attached hydrogens (tertiary/aromatic N) is 1. The van der Waals surface area contributed by atoms with Gasteiger partial charge in [-0.15, -0.1) is 0 Å². The lowest BCUT2D eigenvalue weighted by Gasteiger charge is -2.20. The molecule has 4 amide bonds. The van der Waals surface area contributed by atoms with Crippen molar-refractivity contribution < 1.29 is 14.4 Å². The number of carbonyl (C=O) groups excluding carboxylic acids is 3. The van der Waals surface area contributed by atoms with Crippen LogP contribution in [0.3, 0.4) is 0 Å². The molecule has 7 heteroatoms. The largest absolute Gasteiger partial charge is 0.376 e. The Labute approximate surface area is 148 Å². The van der Waals surface area contributed by atoms with E-state index < -0.39 is 17.5 Å². The Morgan fingerprint density at radius 1 is 1.04 bits per heavy atom. The summed E-state index contributed by atoms with van der Waals surface area (Å²) >= 11 is 0. The molecule has 0 bridgehead atoms. The van der Waals surface area contributed by atoms with Crippen molar-refractivity contribution in [2.75, 3.05) is 25.0 Å². The Morgan fingerprint density at radius 2 is 1.64 bits per heavy atom. The van der Waals surface area contributed by atoms with Crippen molar-refractivity contribution in [3.05, 3.63) is 29.8 Å². The predicted molar refractivity (Wildman–Crippen MR) is 96.5 cm³/mol. The molecule has 0 aliphatic carbocycles. The van der Waals surface area contributed by atoms with Crippen LogP contribution in [0.5, 0.6) is 0 Å². The summed E-state index contributed by atoms with van der Waals surface area (Å²) in [6, 6.07) is 6.48. The van der Waals surface area contributed by atoms with Gasteiger partial charge in [-0.1, -0.05) is 0 Å². The summed E-state index contributed by atoms with van der Waals surface area (Å²) in [7, 11) is 0. The second-order valence-electron chi connectivity index (χ2n) is 7.18. The van der Waals surface area contributed by atoms with Gasteiger partial charge in [0, 0.05) is 29.9 Å². The summed E-state index contributed by atoms with van der Waals surface area (Å²) in [5, 5.41) is 7.85. The van der Waals surface area contributed by atoms with Crippen molar-refractivity contribution in [3.63, 3.8) is 0 Å². The van der Waals surface area contributed by atoms with Gasteiger partial charge in [0.2, 0.25) is 5.91 Å². The van der Waals surface area contributed by atoms with E-state index in [4.69, 9.17) is 0 Å². The Kier molecular flexibility index (Phi) is 6.01. The lowest BCUT2D eigenvalue weighted by atomic mass is 10.1. The molecule has 3 N–H and O–H groups in total. The number of benzene rings is 1. The first kappa shape index (κ1) is 18.8. The summed E-state index contributed by atoms with van der Waals surface area (Å²) in [4.78, 5) is 37.5. The van der Waals surface area contributed by atoms with Crippen LogP contribution in [0.15, 0.2) is 24.3 Å². The average Bonchev–Trinajstić information content (AvgIpc) is 3.05. The number of nitrogens with one attached hydrogen (secondary N) is 3. The topological polar surface area (TPSA) is 90.5 Å². The lowest BCUT2D eigenvalue weighted by molar-refractivity contribution is -0.118. The predicted octanol–water partition coefficient (Wildman–Crippen LogP) is 1.96. The van der Waals surface area contributed by atoms with Crippen LogP contribution in [0.4, 0.5) is 10.5 Å². The Bertz CT molecular complexity index is 629. The minimum Gasteiger partial charge on any atom is -0.376 e. The van der Waals surface area contributed by atoms with Gasteiger partial charge in [-0.25, -0.2) is 4.79 Å². The average molecular weight is 346 g/mol. The lowest BCUT2D eigenvalue weighted by Crippen LogP contribution is -2.49. The summed E-state index contributed by atoms with van der Waals surface area (Å²) < 4.78 is 0. The fraction of sp³-hybridized carbons (Fsp3) is 0.500. The zero-order chi connectivity index (χ0) is 18.4. The van der Waals surface area contributed by atoms with Crippen molar-refractivity contribution in [1.29, 1.82) is 0 Å². The number of amides is 4. The first-order valence-corrected chi connectivity index (χ1v) is 8.50. The van der Waals surface area contributed by atoms with E-state index in [0.29, 0.717) is 11.3 Å². The third-order valence-corrected chi connectivity index (χ3v) is 3.72. The molecule has 2 rings (SSSR count). The summed E-state index contributed by atoms with van der Waals surface area (Å²) in [6.45, 7) is 7.10. The number of rotatable bonds is 4. The molecule has 1 heterocycles. The molecule has 1 saturated heterocycles. The second-order valence-corrected chi connectivity index (χ2v) is 7.18. The molecule has 1 aliphatic heterocycles. The molecule has 7 nitrogen and oxygen atoms in total. The zero-order valence-corrected chi connectivity index (χ0v) is 15.0. The van der Waals surface area contributed by atoms with Gasteiger partial charge in [-0.2, -0.15) is 0 Å². The molecule has 1 aromatic carbocycles. The highest BCUT2D eigenvalue weighted by atomic mass is 16.2. The fourth-order valence-electron chi connectivity index (χ4n) is 2.56. The molecular formula is C18H26N4O3. The minimum atomic E-state index is -0.522. The van der Waals surface area contributed by atoms with E-state index in [1.165, 1.54) is 0 Å².